The van der Waals surface area contributed by atoms with Gasteiger partial charge in [0.25, 0.3) is 0 Å². The van der Waals surface area contributed by atoms with Gasteiger partial charge in [-0.1, -0.05) is 6.42 Å². The smallest absolute Gasteiger partial charge is 0.323 e. The normalized spacial score (nSPS) is 23.4. The average Bonchev–Trinajstić information content (AvgIpc) is 2.72. The molecule has 0 spiro atoms. The molecule has 0 aromatic rings. The molecule has 6 heteroatoms. The van der Waals surface area contributed by atoms with E-state index in [0.717, 1.165) is 19.3 Å². The fourth-order valence-electron chi connectivity index (χ4n) is 2.11. The minimum absolute atomic E-state index is 0.181. The summed E-state index contributed by atoms with van der Waals surface area (Å²) in [5.41, 5.74) is 0. The van der Waals surface area contributed by atoms with Crippen molar-refractivity contribution in [1.29, 1.82) is 0 Å². The number of rotatable bonds is 5. The molecule has 0 heterocycles. The topological polar surface area (TPSA) is 69.6 Å². The van der Waals surface area contributed by atoms with E-state index in [0.29, 0.717) is 11.8 Å². The van der Waals surface area contributed by atoms with Crippen LogP contribution >= 0.6 is 11.8 Å². The van der Waals surface area contributed by atoms with Gasteiger partial charge in [-0.05, 0) is 26.0 Å². The van der Waals surface area contributed by atoms with Crippen LogP contribution < -0.4 is 5.32 Å². The van der Waals surface area contributed by atoms with Crippen molar-refractivity contribution in [2.45, 2.75) is 37.5 Å². The number of nitrogens with one attached hydrogen (secondary N) is 1. The van der Waals surface area contributed by atoms with Crippen molar-refractivity contribution < 1.29 is 14.7 Å². The number of amides is 2. The van der Waals surface area contributed by atoms with E-state index in [-0.39, 0.29) is 18.6 Å². The van der Waals surface area contributed by atoms with E-state index < -0.39 is 5.97 Å². The second-order valence-electron chi connectivity index (χ2n) is 4.17. The lowest BCUT2D eigenvalue weighted by Gasteiger charge is -2.24. The number of carboxylic acid groups (broad SMARTS) is 1. The van der Waals surface area contributed by atoms with E-state index in [2.05, 4.69) is 5.32 Å². The molecule has 98 valence electrons. The van der Waals surface area contributed by atoms with Crippen LogP contribution in [-0.4, -0.2) is 52.6 Å². The third kappa shape index (κ3) is 4.11. The summed E-state index contributed by atoms with van der Waals surface area (Å²) in [5.74, 6) is -0.977. The summed E-state index contributed by atoms with van der Waals surface area (Å²) in [7, 11) is 0. The molecule has 0 aromatic carbocycles. The molecule has 17 heavy (non-hydrogen) atoms. The lowest BCUT2D eigenvalue weighted by Crippen LogP contribution is -2.48. The fraction of sp³-hybridized carbons (Fsp3) is 0.818. The van der Waals surface area contributed by atoms with Gasteiger partial charge in [0.2, 0.25) is 0 Å². The van der Waals surface area contributed by atoms with E-state index in [1.54, 1.807) is 18.7 Å². The Morgan fingerprint density at radius 2 is 2.18 bits per heavy atom. The SMILES string of the molecule is CCN(CC(=O)O)C(=O)NC1CCCC1SC. The van der Waals surface area contributed by atoms with E-state index in [4.69, 9.17) is 5.11 Å². The van der Waals surface area contributed by atoms with Gasteiger partial charge in [-0.15, -0.1) is 0 Å². The first kappa shape index (κ1) is 14.2. The van der Waals surface area contributed by atoms with Gasteiger partial charge < -0.3 is 15.3 Å². The van der Waals surface area contributed by atoms with E-state index in [1.165, 1.54) is 4.90 Å². The maximum atomic E-state index is 11.9. The Kier molecular flexibility index (Phi) is 5.61. The lowest BCUT2D eigenvalue weighted by atomic mass is 10.2. The minimum atomic E-state index is -0.977. The van der Waals surface area contributed by atoms with Crippen LogP contribution in [0.1, 0.15) is 26.2 Å². The van der Waals surface area contributed by atoms with Gasteiger partial charge in [-0.25, -0.2) is 4.79 Å². The Morgan fingerprint density at radius 3 is 2.71 bits per heavy atom. The number of carboxylic acids is 1. The number of thioether (sulfide) groups is 1. The number of nitrogens with zero attached hydrogens (tertiary/aromatic N) is 1. The molecule has 5 nitrogen and oxygen atoms in total. The third-order valence-corrected chi connectivity index (χ3v) is 4.23. The van der Waals surface area contributed by atoms with Crippen LogP contribution in [-0.2, 0) is 4.79 Å². The molecule has 1 aliphatic rings. The summed E-state index contributed by atoms with van der Waals surface area (Å²) in [4.78, 5) is 23.8. The van der Waals surface area contributed by atoms with Crippen molar-refractivity contribution in [3.63, 3.8) is 0 Å². The molecule has 0 bridgehead atoms. The minimum Gasteiger partial charge on any atom is -0.480 e. The van der Waals surface area contributed by atoms with Crippen LogP contribution in [0.15, 0.2) is 0 Å². The largest absolute Gasteiger partial charge is 0.480 e. The summed E-state index contributed by atoms with van der Waals surface area (Å²) >= 11 is 1.77. The predicted molar refractivity (Wildman–Crippen MR) is 68.4 cm³/mol. The molecule has 2 N–H and O–H groups in total. The molecule has 1 aliphatic carbocycles. The highest BCUT2D eigenvalue weighted by molar-refractivity contribution is 7.99. The lowest BCUT2D eigenvalue weighted by molar-refractivity contribution is -0.137. The number of aliphatic carboxylic acids is 1. The van der Waals surface area contributed by atoms with Gasteiger partial charge in [0.15, 0.2) is 0 Å². The highest BCUT2D eigenvalue weighted by Gasteiger charge is 2.29. The fourth-order valence-corrected chi connectivity index (χ4v) is 3.05. The number of urea groups is 1. The molecular weight excluding hydrogens is 240 g/mol. The van der Waals surface area contributed by atoms with Crippen LogP contribution in [0.4, 0.5) is 4.79 Å². The highest BCUT2D eigenvalue weighted by atomic mass is 32.2. The van der Waals surface area contributed by atoms with E-state index >= 15 is 0 Å². The molecule has 1 rings (SSSR count). The molecule has 0 aliphatic heterocycles. The van der Waals surface area contributed by atoms with Gasteiger partial charge in [0.1, 0.15) is 6.54 Å². The number of carbonyl (C=O) groups excluding carboxylic acids is 1. The molecule has 1 saturated carbocycles. The summed E-state index contributed by atoms with van der Waals surface area (Å²) < 4.78 is 0. The van der Waals surface area contributed by atoms with Crippen LogP contribution in [0.2, 0.25) is 0 Å². The van der Waals surface area contributed by atoms with Crippen LogP contribution in [0.3, 0.4) is 0 Å². The van der Waals surface area contributed by atoms with Gasteiger partial charge >= 0.3 is 12.0 Å². The zero-order chi connectivity index (χ0) is 12.8. The van der Waals surface area contributed by atoms with Crippen molar-refractivity contribution in [1.82, 2.24) is 10.2 Å². The zero-order valence-corrected chi connectivity index (χ0v) is 11.1. The van der Waals surface area contributed by atoms with E-state index in [9.17, 15) is 9.59 Å². The number of likely N-dealkylation sites (N-methyl/N-ethyl adjacent to an activating group) is 1. The first-order valence-electron chi connectivity index (χ1n) is 5.88. The second-order valence-corrected chi connectivity index (χ2v) is 5.25. The van der Waals surface area contributed by atoms with Crippen molar-refractivity contribution in [2.24, 2.45) is 0 Å². The van der Waals surface area contributed by atoms with E-state index in [1.807, 2.05) is 6.26 Å². The Hall–Kier alpha value is -0.910. The van der Waals surface area contributed by atoms with Crippen molar-refractivity contribution in [2.75, 3.05) is 19.3 Å². The molecule has 0 saturated heterocycles. The predicted octanol–water partition coefficient (Wildman–Crippen LogP) is 1.39. The van der Waals surface area contributed by atoms with Crippen molar-refractivity contribution in [3.05, 3.63) is 0 Å². The Morgan fingerprint density at radius 1 is 1.47 bits per heavy atom. The molecule has 2 unspecified atom stereocenters. The van der Waals surface area contributed by atoms with Gasteiger partial charge in [-0.2, -0.15) is 11.8 Å². The first-order valence-corrected chi connectivity index (χ1v) is 7.17. The Balaban J connectivity index is 2.48. The summed E-state index contributed by atoms with van der Waals surface area (Å²) in [6, 6.07) is -0.0822. The molecule has 0 aromatic heterocycles. The molecule has 1 fully saturated rings. The van der Waals surface area contributed by atoms with Gasteiger partial charge in [-0.3, -0.25) is 4.79 Å². The molecule has 2 atom stereocenters. The molecular formula is C11H20N2O3S. The quantitative estimate of drug-likeness (QED) is 0.783. The second kappa shape index (κ2) is 6.74. The number of carbonyl (C=O) groups is 2. The van der Waals surface area contributed by atoms with Crippen LogP contribution in [0, 0.1) is 0 Å². The first-order chi connectivity index (χ1) is 8.08. The van der Waals surface area contributed by atoms with Gasteiger partial charge in [0, 0.05) is 17.8 Å². The average molecular weight is 260 g/mol. The Labute approximate surface area is 106 Å². The monoisotopic (exact) mass is 260 g/mol. The van der Waals surface area contributed by atoms with Crippen LogP contribution in [0.5, 0.6) is 0 Å². The summed E-state index contributed by atoms with van der Waals surface area (Å²) in [5, 5.41) is 12.1. The molecule has 0 radical (unpaired) electrons. The number of hydrogen-bond acceptors (Lipinski definition) is 3. The Bertz CT molecular complexity index is 286. The highest BCUT2D eigenvalue weighted by Crippen LogP contribution is 2.28. The third-order valence-electron chi connectivity index (χ3n) is 3.06. The van der Waals surface area contributed by atoms with Crippen molar-refractivity contribution >= 4 is 23.8 Å². The van der Waals surface area contributed by atoms with Crippen LogP contribution in [0.25, 0.3) is 0 Å². The summed E-state index contributed by atoms with van der Waals surface area (Å²) in [6.45, 7) is 1.96. The van der Waals surface area contributed by atoms with Crippen molar-refractivity contribution in [3.8, 4) is 0 Å². The summed E-state index contributed by atoms with van der Waals surface area (Å²) in [6.07, 6.45) is 5.28. The zero-order valence-electron chi connectivity index (χ0n) is 10.3. The maximum absolute atomic E-state index is 11.9. The standard InChI is InChI=1S/C11H20N2O3S/c1-3-13(7-10(14)15)11(16)12-8-5-4-6-9(8)17-2/h8-9H,3-7H2,1-2H3,(H,12,16)(H,14,15). The maximum Gasteiger partial charge on any atom is 0.323 e. The molecule has 2 amide bonds. The van der Waals surface area contributed by atoms with Gasteiger partial charge in [0.05, 0.1) is 0 Å². The number of hydrogen-bond donors (Lipinski definition) is 2.